The van der Waals surface area contributed by atoms with Crippen molar-refractivity contribution >= 4 is 34.9 Å². The fourth-order valence-electron chi connectivity index (χ4n) is 1.39. The Kier molecular flexibility index (Phi) is 6.00. The van der Waals surface area contributed by atoms with E-state index < -0.39 is 0 Å². The number of nitrogens with one attached hydrogen (secondary N) is 1. The molecule has 0 aromatic heterocycles. The SMILES string of the molecule is CSc1ccccc1C(=O)NCCCC(N)=S. The van der Waals surface area contributed by atoms with Gasteiger partial charge in [-0.2, -0.15) is 0 Å². The Bertz CT molecular complexity index is 407. The Labute approximate surface area is 111 Å². The second-order valence-corrected chi connectivity index (χ2v) is 4.90. The molecule has 5 heteroatoms. The van der Waals surface area contributed by atoms with Gasteiger partial charge in [0, 0.05) is 11.4 Å². The number of amides is 1. The predicted octanol–water partition coefficient (Wildman–Crippen LogP) is 2.20. The highest BCUT2D eigenvalue weighted by Crippen LogP contribution is 2.19. The molecule has 1 rings (SSSR count). The zero-order valence-electron chi connectivity index (χ0n) is 9.73. The van der Waals surface area contributed by atoms with Crippen molar-refractivity contribution < 1.29 is 4.79 Å². The number of thiocarbonyl (C=S) groups is 1. The molecule has 3 N–H and O–H groups in total. The Balaban J connectivity index is 2.49. The van der Waals surface area contributed by atoms with Crippen LogP contribution in [0, 0.1) is 0 Å². The molecule has 0 saturated carbocycles. The Morgan fingerprint density at radius 2 is 2.18 bits per heavy atom. The fraction of sp³-hybridized carbons (Fsp3) is 0.333. The Hall–Kier alpha value is -1.07. The van der Waals surface area contributed by atoms with E-state index in [4.69, 9.17) is 18.0 Å². The summed E-state index contributed by atoms with van der Waals surface area (Å²) in [5.41, 5.74) is 6.10. The minimum absolute atomic E-state index is 0.0436. The van der Waals surface area contributed by atoms with Gasteiger partial charge in [-0.25, -0.2) is 0 Å². The van der Waals surface area contributed by atoms with Crippen molar-refractivity contribution in [2.24, 2.45) is 5.73 Å². The molecule has 0 atom stereocenters. The number of hydrogen-bond acceptors (Lipinski definition) is 3. The summed E-state index contributed by atoms with van der Waals surface area (Å²) in [7, 11) is 0. The zero-order valence-corrected chi connectivity index (χ0v) is 11.4. The van der Waals surface area contributed by atoms with E-state index in [0.29, 0.717) is 18.0 Å². The van der Waals surface area contributed by atoms with Crippen molar-refractivity contribution in [3.05, 3.63) is 29.8 Å². The van der Waals surface area contributed by atoms with Crippen molar-refractivity contribution in [2.45, 2.75) is 17.7 Å². The van der Waals surface area contributed by atoms with E-state index in [1.165, 1.54) is 0 Å². The molecule has 1 aromatic carbocycles. The van der Waals surface area contributed by atoms with Crippen molar-refractivity contribution in [1.29, 1.82) is 0 Å². The molecule has 17 heavy (non-hydrogen) atoms. The third kappa shape index (κ3) is 4.75. The van der Waals surface area contributed by atoms with Crippen LogP contribution in [0.5, 0.6) is 0 Å². The molecule has 0 bridgehead atoms. The van der Waals surface area contributed by atoms with E-state index in [1.807, 2.05) is 30.5 Å². The Morgan fingerprint density at radius 3 is 2.82 bits per heavy atom. The molecule has 0 saturated heterocycles. The minimum atomic E-state index is -0.0436. The van der Waals surface area contributed by atoms with E-state index in [1.54, 1.807) is 11.8 Å². The van der Waals surface area contributed by atoms with Crippen LogP contribution < -0.4 is 11.1 Å². The van der Waals surface area contributed by atoms with Crippen molar-refractivity contribution in [3.8, 4) is 0 Å². The lowest BCUT2D eigenvalue weighted by molar-refractivity contribution is 0.0950. The summed E-state index contributed by atoms with van der Waals surface area (Å²) in [6, 6.07) is 7.56. The van der Waals surface area contributed by atoms with Crippen molar-refractivity contribution in [1.82, 2.24) is 5.32 Å². The molecular formula is C12H16N2OS2. The second-order valence-electron chi connectivity index (χ2n) is 3.53. The van der Waals surface area contributed by atoms with Gasteiger partial charge in [-0.3, -0.25) is 4.79 Å². The number of rotatable bonds is 6. The van der Waals surface area contributed by atoms with Gasteiger partial charge in [-0.1, -0.05) is 24.4 Å². The number of hydrogen-bond donors (Lipinski definition) is 2. The molecule has 0 aliphatic heterocycles. The van der Waals surface area contributed by atoms with Gasteiger partial charge in [0.2, 0.25) is 0 Å². The first kappa shape index (κ1) is 14.0. The third-order valence-corrected chi connectivity index (χ3v) is 3.24. The average Bonchev–Trinajstić information content (AvgIpc) is 2.34. The smallest absolute Gasteiger partial charge is 0.252 e. The van der Waals surface area contributed by atoms with E-state index in [-0.39, 0.29) is 5.91 Å². The number of benzene rings is 1. The standard InChI is InChI=1S/C12H16N2OS2/c1-17-10-6-3-2-5-9(10)12(15)14-8-4-7-11(13)16/h2-3,5-6H,4,7-8H2,1H3,(H2,13,16)(H,14,15). The van der Waals surface area contributed by atoms with Gasteiger partial charge < -0.3 is 11.1 Å². The third-order valence-electron chi connectivity index (χ3n) is 2.24. The molecule has 0 fully saturated rings. The molecule has 3 nitrogen and oxygen atoms in total. The molecule has 0 spiro atoms. The predicted molar refractivity (Wildman–Crippen MR) is 76.6 cm³/mol. The number of carbonyl (C=O) groups excluding carboxylic acids is 1. The van der Waals surface area contributed by atoms with Crippen LogP contribution in [0.15, 0.2) is 29.2 Å². The molecule has 0 aliphatic rings. The average molecular weight is 268 g/mol. The summed E-state index contributed by atoms with van der Waals surface area (Å²) >= 11 is 6.34. The topological polar surface area (TPSA) is 55.1 Å². The maximum atomic E-state index is 11.9. The van der Waals surface area contributed by atoms with Gasteiger partial charge in [-0.05, 0) is 31.2 Å². The lowest BCUT2D eigenvalue weighted by Gasteiger charge is -2.08. The van der Waals surface area contributed by atoms with Gasteiger partial charge >= 0.3 is 0 Å². The zero-order chi connectivity index (χ0) is 12.7. The summed E-state index contributed by atoms with van der Waals surface area (Å²) in [6.07, 6.45) is 3.40. The van der Waals surface area contributed by atoms with Crippen LogP contribution >= 0.6 is 24.0 Å². The van der Waals surface area contributed by atoms with Crippen LogP contribution in [0.4, 0.5) is 0 Å². The van der Waals surface area contributed by atoms with Crippen LogP contribution in [0.25, 0.3) is 0 Å². The largest absolute Gasteiger partial charge is 0.393 e. The first-order chi connectivity index (χ1) is 8.15. The van der Waals surface area contributed by atoms with Gasteiger partial charge in [0.1, 0.15) is 0 Å². The molecule has 1 aromatic rings. The van der Waals surface area contributed by atoms with Gasteiger partial charge in [-0.15, -0.1) is 11.8 Å². The molecule has 0 heterocycles. The number of carbonyl (C=O) groups is 1. The lowest BCUT2D eigenvalue weighted by Crippen LogP contribution is -2.25. The van der Waals surface area contributed by atoms with Crippen LogP contribution in [-0.2, 0) is 0 Å². The first-order valence-electron chi connectivity index (χ1n) is 5.34. The highest BCUT2D eigenvalue weighted by atomic mass is 32.2. The molecule has 0 radical (unpaired) electrons. The quantitative estimate of drug-likeness (QED) is 0.472. The highest BCUT2D eigenvalue weighted by Gasteiger charge is 2.08. The minimum Gasteiger partial charge on any atom is -0.393 e. The van der Waals surface area contributed by atoms with E-state index in [0.717, 1.165) is 16.9 Å². The maximum Gasteiger partial charge on any atom is 0.252 e. The molecule has 1 amide bonds. The summed E-state index contributed by atoms with van der Waals surface area (Å²) in [5.74, 6) is -0.0436. The molecule has 0 aliphatic carbocycles. The first-order valence-corrected chi connectivity index (χ1v) is 6.98. The Morgan fingerprint density at radius 1 is 1.47 bits per heavy atom. The summed E-state index contributed by atoms with van der Waals surface area (Å²) < 4.78 is 0. The van der Waals surface area contributed by atoms with Crippen molar-refractivity contribution in [2.75, 3.05) is 12.8 Å². The second kappa shape index (κ2) is 7.29. The lowest BCUT2D eigenvalue weighted by atomic mass is 10.2. The van der Waals surface area contributed by atoms with Crippen LogP contribution in [-0.4, -0.2) is 23.7 Å². The highest BCUT2D eigenvalue weighted by molar-refractivity contribution is 7.98. The van der Waals surface area contributed by atoms with Crippen molar-refractivity contribution in [3.63, 3.8) is 0 Å². The van der Waals surface area contributed by atoms with Gasteiger partial charge in [0.25, 0.3) is 5.91 Å². The molecule has 0 unspecified atom stereocenters. The number of nitrogens with two attached hydrogens (primary N) is 1. The van der Waals surface area contributed by atoms with Gasteiger partial charge in [0.15, 0.2) is 0 Å². The summed E-state index contributed by atoms with van der Waals surface area (Å²) in [5, 5.41) is 2.86. The van der Waals surface area contributed by atoms with E-state index in [2.05, 4.69) is 5.32 Å². The maximum absolute atomic E-state index is 11.9. The van der Waals surface area contributed by atoms with Crippen LogP contribution in [0.3, 0.4) is 0 Å². The van der Waals surface area contributed by atoms with Crippen LogP contribution in [0.2, 0.25) is 0 Å². The normalized spacial score (nSPS) is 9.94. The van der Waals surface area contributed by atoms with E-state index >= 15 is 0 Å². The molecular weight excluding hydrogens is 252 g/mol. The summed E-state index contributed by atoms with van der Waals surface area (Å²) in [6.45, 7) is 0.596. The van der Waals surface area contributed by atoms with Gasteiger partial charge in [0.05, 0.1) is 10.6 Å². The number of thioether (sulfide) groups is 1. The summed E-state index contributed by atoms with van der Waals surface area (Å²) in [4.78, 5) is 13.4. The monoisotopic (exact) mass is 268 g/mol. The van der Waals surface area contributed by atoms with Crippen LogP contribution in [0.1, 0.15) is 23.2 Å². The van der Waals surface area contributed by atoms with E-state index in [9.17, 15) is 4.79 Å². The fourth-order valence-corrected chi connectivity index (χ4v) is 2.13. The molecule has 92 valence electrons.